The van der Waals surface area contributed by atoms with Crippen molar-refractivity contribution in [3.8, 4) is 0 Å². The van der Waals surface area contributed by atoms with Gasteiger partial charge in [-0.25, -0.2) is 0 Å². The number of aliphatic hydroxyl groups excluding tert-OH is 2. The summed E-state index contributed by atoms with van der Waals surface area (Å²) in [7, 11) is 0. The van der Waals surface area contributed by atoms with Gasteiger partial charge in [-0.3, -0.25) is 9.59 Å². The Labute approximate surface area is 384 Å². The van der Waals surface area contributed by atoms with E-state index in [1.807, 2.05) is 0 Å². The second-order valence-electron chi connectivity index (χ2n) is 17.9. The standard InChI is InChI=1S/C56H101NO5/c1-4-7-10-13-16-19-21-23-25-26-27-28-30-32-34-37-40-43-46-49-56(61)62-52(47-44-41-38-36-33-31-29-24-22-20-17-14-11-8-5-2)50-55(60)57-53(51-58)54(59)48-45-42-39-35-18-15-12-9-6-3/h16-17,19-20,23-25,29,33,36,52-54,58-59H,4-15,18,21-22,26-28,30-32,34-35,37-51H2,1-3H3,(H,57,60)/b19-16-,20-17-,25-23-,29-24-,36-33-. The Morgan fingerprint density at radius 3 is 1.29 bits per heavy atom. The van der Waals surface area contributed by atoms with Crippen LogP contribution in [0.4, 0.5) is 0 Å². The fourth-order valence-corrected chi connectivity index (χ4v) is 7.76. The quantitative estimate of drug-likeness (QED) is 0.0322. The largest absolute Gasteiger partial charge is 0.462 e. The Kier molecular flexibility index (Phi) is 47.6. The van der Waals surface area contributed by atoms with Crippen molar-refractivity contribution >= 4 is 11.9 Å². The molecule has 0 saturated carbocycles. The molecule has 0 aromatic carbocycles. The van der Waals surface area contributed by atoms with Crippen molar-refractivity contribution in [2.75, 3.05) is 6.61 Å². The molecule has 0 aliphatic rings. The number of rotatable bonds is 47. The summed E-state index contributed by atoms with van der Waals surface area (Å²) in [6.07, 6.45) is 61.4. The number of ether oxygens (including phenoxy) is 1. The second-order valence-corrected chi connectivity index (χ2v) is 17.9. The van der Waals surface area contributed by atoms with Gasteiger partial charge >= 0.3 is 5.97 Å². The second kappa shape index (κ2) is 49.6. The summed E-state index contributed by atoms with van der Waals surface area (Å²) in [5, 5.41) is 23.7. The molecule has 6 nitrogen and oxygen atoms in total. The smallest absolute Gasteiger partial charge is 0.306 e. The number of allylic oxidation sites excluding steroid dienone is 10. The molecule has 62 heavy (non-hydrogen) atoms. The van der Waals surface area contributed by atoms with E-state index in [1.165, 1.54) is 135 Å². The Balaban J connectivity index is 4.60. The number of nitrogens with one attached hydrogen (secondary N) is 1. The highest BCUT2D eigenvalue weighted by atomic mass is 16.5. The fourth-order valence-electron chi connectivity index (χ4n) is 7.76. The summed E-state index contributed by atoms with van der Waals surface area (Å²) in [6.45, 7) is 6.40. The van der Waals surface area contributed by atoms with Crippen LogP contribution in [0.2, 0.25) is 0 Å². The molecule has 0 spiro atoms. The molecule has 0 bridgehead atoms. The number of hydrogen-bond donors (Lipinski definition) is 3. The topological polar surface area (TPSA) is 95.9 Å². The summed E-state index contributed by atoms with van der Waals surface area (Å²) >= 11 is 0. The first-order valence-corrected chi connectivity index (χ1v) is 26.5. The van der Waals surface area contributed by atoms with Gasteiger partial charge in [0.15, 0.2) is 0 Å². The van der Waals surface area contributed by atoms with Gasteiger partial charge in [-0.15, -0.1) is 0 Å². The van der Waals surface area contributed by atoms with Gasteiger partial charge in [-0.1, -0.05) is 210 Å². The van der Waals surface area contributed by atoms with Crippen LogP contribution in [0.15, 0.2) is 60.8 Å². The molecule has 0 fully saturated rings. The molecule has 360 valence electrons. The molecule has 1 amide bonds. The normalized spacial score (nSPS) is 13.7. The van der Waals surface area contributed by atoms with Gasteiger partial charge in [0, 0.05) is 6.42 Å². The molecule has 0 aliphatic carbocycles. The predicted molar refractivity (Wildman–Crippen MR) is 268 cm³/mol. The van der Waals surface area contributed by atoms with Crippen LogP contribution in [0.1, 0.15) is 258 Å². The minimum absolute atomic E-state index is 0.0491. The minimum atomic E-state index is -0.798. The number of aliphatic hydroxyl groups is 2. The van der Waals surface area contributed by atoms with Crippen molar-refractivity contribution in [3.05, 3.63) is 60.8 Å². The summed E-state index contributed by atoms with van der Waals surface area (Å²) in [6, 6.07) is -0.714. The maximum atomic E-state index is 13.2. The van der Waals surface area contributed by atoms with Gasteiger partial charge in [-0.2, -0.15) is 0 Å². The van der Waals surface area contributed by atoms with Crippen LogP contribution in [-0.4, -0.2) is 46.9 Å². The van der Waals surface area contributed by atoms with E-state index in [2.05, 4.69) is 86.8 Å². The maximum absolute atomic E-state index is 13.2. The number of unbranched alkanes of at least 4 members (excludes halogenated alkanes) is 25. The van der Waals surface area contributed by atoms with E-state index in [-0.39, 0.29) is 24.9 Å². The van der Waals surface area contributed by atoms with Gasteiger partial charge in [0.05, 0.1) is 25.2 Å². The number of carbonyl (C=O) groups excluding carboxylic acids is 2. The predicted octanol–water partition coefficient (Wildman–Crippen LogP) is 16.0. The molecule has 3 atom stereocenters. The molecular weight excluding hydrogens is 767 g/mol. The first-order chi connectivity index (χ1) is 30.5. The van der Waals surface area contributed by atoms with Crippen molar-refractivity contribution in [3.63, 3.8) is 0 Å². The molecule has 0 aromatic heterocycles. The summed E-state index contributed by atoms with van der Waals surface area (Å²) in [5.74, 6) is -0.515. The van der Waals surface area contributed by atoms with E-state index in [1.54, 1.807) is 0 Å². The highest BCUT2D eigenvalue weighted by molar-refractivity contribution is 5.77. The third-order valence-corrected chi connectivity index (χ3v) is 11.8. The number of carbonyl (C=O) groups is 2. The zero-order valence-corrected chi connectivity index (χ0v) is 41.0. The van der Waals surface area contributed by atoms with Crippen molar-refractivity contribution in [1.82, 2.24) is 5.32 Å². The summed E-state index contributed by atoms with van der Waals surface area (Å²) in [5.41, 5.74) is 0. The van der Waals surface area contributed by atoms with Crippen molar-refractivity contribution in [2.24, 2.45) is 0 Å². The maximum Gasteiger partial charge on any atom is 0.306 e. The molecular formula is C56H101NO5. The first kappa shape index (κ1) is 59.6. The van der Waals surface area contributed by atoms with Crippen molar-refractivity contribution in [2.45, 2.75) is 277 Å². The molecule has 0 rings (SSSR count). The van der Waals surface area contributed by atoms with E-state index in [9.17, 15) is 19.8 Å². The zero-order chi connectivity index (χ0) is 45.2. The SMILES string of the molecule is CCCCC/C=C\C/C=C\C/C=C\CCCCC(CC(=O)NC(CO)C(O)CCCCCCCCCCC)OC(=O)CCCCCCCCCCC/C=C\C/C=C\CCCCC. The fraction of sp³-hybridized carbons (Fsp3) is 0.786. The lowest BCUT2D eigenvalue weighted by atomic mass is 10.0. The third-order valence-electron chi connectivity index (χ3n) is 11.8. The highest BCUT2D eigenvalue weighted by Gasteiger charge is 2.24. The lowest BCUT2D eigenvalue weighted by Crippen LogP contribution is -2.46. The van der Waals surface area contributed by atoms with Gasteiger partial charge < -0.3 is 20.3 Å². The van der Waals surface area contributed by atoms with Crippen LogP contribution >= 0.6 is 0 Å². The van der Waals surface area contributed by atoms with E-state index in [0.29, 0.717) is 19.3 Å². The van der Waals surface area contributed by atoms with Gasteiger partial charge in [0.25, 0.3) is 0 Å². The first-order valence-electron chi connectivity index (χ1n) is 26.5. The molecule has 6 heteroatoms. The monoisotopic (exact) mass is 868 g/mol. The Morgan fingerprint density at radius 1 is 0.468 bits per heavy atom. The van der Waals surface area contributed by atoms with E-state index in [0.717, 1.165) is 77.0 Å². The molecule has 0 aliphatic heterocycles. The van der Waals surface area contributed by atoms with Crippen molar-refractivity contribution in [1.29, 1.82) is 0 Å². The Bertz CT molecular complexity index is 1110. The van der Waals surface area contributed by atoms with Gasteiger partial charge in [0.1, 0.15) is 6.10 Å². The molecule has 3 unspecified atom stereocenters. The van der Waals surface area contributed by atoms with E-state index < -0.39 is 18.2 Å². The average Bonchev–Trinajstić information content (AvgIpc) is 3.26. The molecule has 0 aromatic rings. The lowest BCUT2D eigenvalue weighted by molar-refractivity contribution is -0.151. The van der Waals surface area contributed by atoms with Crippen molar-refractivity contribution < 1.29 is 24.5 Å². The highest BCUT2D eigenvalue weighted by Crippen LogP contribution is 2.17. The molecule has 3 N–H and O–H groups in total. The third kappa shape index (κ3) is 44.2. The van der Waals surface area contributed by atoms with Gasteiger partial charge in [-0.05, 0) is 96.3 Å². The van der Waals surface area contributed by atoms with Crippen LogP contribution in [-0.2, 0) is 14.3 Å². The summed E-state index contributed by atoms with van der Waals surface area (Å²) in [4.78, 5) is 26.1. The van der Waals surface area contributed by atoms with Crippen LogP contribution in [0, 0.1) is 0 Å². The molecule has 0 saturated heterocycles. The summed E-state index contributed by atoms with van der Waals surface area (Å²) < 4.78 is 5.92. The van der Waals surface area contributed by atoms with E-state index in [4.69, 9.17) is 4.74 Å². The Hall–Kier alpha value is -2.44. The van der Waals surface area contributed by atoms with E-state index >= 15 is 0 Å². The minimum Gasteiger partial charge on any atom is -0.462 e. The lowest BCUT2D eigenvalue weighted by Gasteiger charge is -2.24. The van der Waals surface area contributed by atoms with Crippen LogP contribution in [0.25, 0.3) is 0 Å². The zero-order valence-electron chi connectivity index (χ0n) is 41.0. The number of hydrogen-bond acceptors (Lipinski definition) is 5. The number of amides is 1. The number of esters is 1. The molecule has 0 radical (unpaired) electrons. The van der Waals surface area contributed by atoms with Crippen LogP contribution in [0.5, 0.6) is 0 Å². The molecule has 0 heterocycles. The van der Waals surface area contributed by atoms with Crippen LogP contribution in [0.3, 0.4) is 0 Å². The van der Waals surface area contributed by atoms with Gasteiger partial charge in [0.2, 0.25) is 5.91 Å². The average molecular weight is 868 g/mol. The van der Waals surface area contributed by atoms with Crippen LogP contribution < -0.4 is 5.32 Å². The Morgan fingerprint density at radius 2 is 0.823 bits per heavy atom.